The summed E-state index contributed by atoms with van der Waals surface area (Å²) in [6.45, 7) is 2.55. The van der Waals surface area contributed by atoms with Crippen molar-refractivity contribution in [3.05, 3.63) is 0 Å². The molecular formula is C10H16. The van der Waals surface area contributed by atoms with Crippen LogP contribution >= 0.6 is 0 Å². The van der Waals surface area contributed by atoms with Crippen LogP contribution in [0.1, 0.15) is 45.4 Å². The van der Waals surface area contributed by atoms with E-state index in [2.05, 4.69) is 6.92 Å². The first-order valence-corrected chi connectivity index (χ1v) is 4.77. The Morgan fingerprint density at radius 3 is 2.00 bits per heavy atom. The molecule has 0 nitrogen and oxygen atoms in total. The van der Waals surface area contributed by atoms with Gasteiger partial charge in [0.05, 0.1) is 0 Å². The average Bonchev–Trinajstić information content (AvgIpc) is 2.65. The molecule has 3 aliphatic carbocycles. The molecule has 3 rings (SSSR count). The Morgan fingerprint density at radius 1 is 1.10 bits per heavy atom. The lowest BCUT2D eigenvalue weighted by Gasteiger charge is -2.27. The summed E-state index contributed by atoms with van der Waals surface area (Å²) in [4.78, 5) is 0. The van der Waals surface area contributed by atoms with E-state index in [1.807, 2.05) is 0 Å². The summed E-state index contributed by atoms with van der Waals surface area (Å²) in [7, 11) is 0. The minimum Gasteiger partial charge on any atom is -0.0591 e. The van der Waals surface area contributed by atoms with Crippen LogP contribution in [0, 0.1) is 16.7 Å². The molecular weight excluding hydrogens is 120 g/mol. The standard InChI is InChI=1S/C10H16/c1-9(4-2-3-5-9)10-6-8(10)7-10/h8H,2-7H2,1H3. The van der Waals surface area contributed by atoms with Crippen LogP contribution < -0.4 is 0 Å². The van der Waals surface area contributed by atoms with Gasteiger partial charge in [0.25, 0.3) is 0 Å². The minimum absolute atomic E-state index is 0.817. The van der Waals surface area contributed by atoms with Gasteiger partial charge in [0, 0.05) is 0 Å². The van der Waals surface area contributed by atoms with E-state index >= 15 is 0 Å². The summed E-state index contributed by atoms with van der Waals surface area (Å²) in [5.74, 6) is 1.20. The summed E-state index contributed by atoms with van der Waals surface area (Å²) in [5, 5.41) is 0. The molecule has 56 valence electrons. The van der Waals surface area contributed by atoms with Gasteiger partial charge in [-0.2, -0.15) is 0 Å². The summed E-state index contributed by atoms with van der Waals surface area (Å²) in [6, 6.07) is 0. The van der Waals surface area contributed by atoms with Gasteiger partial charge in [-0.15, -0.1) is 0 Å². The van der Waals surface area contributed by atoms with E-state index in [1.54, 1.807) is 25.7 Å². The second-order valence-corrected chi connectivity index (χ2v) is 5.03. The van der Waals surface area contributed by atoms with Gasteiger partial charge in [-0.05, 0) is 42.4 Å². The van der Waals surface area contributed by atoms with Gasteiger partial charge in [-0.1, -0.05) is 19.8 Å². The van der Waals surface area contributed by atoms with Crippen molar-refractivity contribution in [1.82, 2.24) is 0 Å². The van der Waals surface area contributed by atoms with Crippen LogP contribution in [-0.4, -0.2) is 0 Å². The molecule has 0 spiro atoms. The molecule has 0 amide bonds. The summed E-state index contributed by atoms with van der Waals surface area (Å²) < 4.78 is 0. The normalized spacial score (nSPS) is 54.3. The maximum Gasteiger partial charge on any atom is -0.0209 e. The molecule has 0 aromatic carbocycles. The topological polar surface area (TPSA) is 0 Å². The Bertz CT molecular complexity index is 168. The molecule has 0 aromatic rings. The van der Waals surface area contributed by atoms with E-state index in [0.29, 0.717) is 0 Å². The molecule has 0 aliphatic heterocycles. The molecule has 0 N–H and O–H groups in total. The van der Waals surface area contributed by atoms with Gasteiger partial charge in [0.15, 0.2) is 0 Å². The number of hydrogen-bond acceptors (Lipinski definition) is 0. The van der Waals surface area contributed by atoms with Crippen molar-refractivity contribution in [2.45, 2.75) is 45.4 Å². The smallest absolute Gasteiger partial charge is 0.0209 e. The molecule has 0 atom stereocenters. The van der Waals surface area contributed by atoms with Crippen molar-refractivity contribution in [3.63, 3.8) is 0 Å². The van der Waals surface area contributed by atoms with Gasteiger partial charge < -0.3 is 0 Å². The summed E-state index contributed by atoms with van der Waals surface area (Å²) in [6.07, 6.45) is 9.33. The van der Waals surface area contributed by atoms with Crippen LogP contribution in [0.15, 0.2) is 0 Å². The summed E-state index contributed by atoms with van der Waals surface area (Å²) in [5.41, 5.74) is 1.75. The molecule has 3 saturated carbocycles. The van der Waals surface area contributed by atoms with Crippen molar-refractivity contribution in [2.75, 3.05) is 0 Å². The zero-order valence-corrected chi connectivity index (χ0v) is 6.82. The van der Waals surface area contributed by atoms with Gasteiger partial charge in [-0.3, -0.25) is 0 Å². The first-order valence-electron chi connectivity index (χ1n) is 4.77. The van der Waals surface area contributed by atoms with Crippen LogP contribution in [0.3, 0.4) is 0 Å². The van der Waals surface area contributed by atoms with E-state index in [4.69, 9.17) is 0 Å². The monoisotopic (exact) mass is 136 g/mol. The Morgan fingerprint density at radius 2 is 1.60 bits per heavy atom. The molecule has 0 radical (unpaired) electrons. The van der Waals surface area contributed by atoms with Gasteiger partial charge in [0.1, 0.15) is 0 Å². The Hall–Kier alpha value is 0. The fourth-order valence-electron chi connectivity index (χ4n) is 3.34. The first kappa shape index (κ1) is 5.62. The Labute approximate surface area is 63.0 Å². The number of hydrogen-bond donors (Lipinski definition) is 0. The van der Waals surface area contributed by atoms with E-state index in [0.717, 1.165) is 10.8 Å². The largest absolute Gasteiger partial charge is 0.0591 e. The van der Waals surface area contributed by atoms with Gasteiger partial charge in [0.2, 0.25) is 0 Å². The third kappa shape index (κ3) is 0.436. The third-order valence-corrected chi connectivity index (χ3v) is 4.59. The zero-order chi connectivity index (χ0) is 6.82. The maximum absolute atomic E-state index is 2.55. The van der Waals surface area contributed by atoms with Crippen molar-refractivity contribution < 1.29 is 0 Å². The van der Waals surface area contributed by atoms with Crippen LogP contribution in [0.5, 0.6) is 0 Å². The Balaban J connectivity index is 1.88. The highest BCUT2D eigenvalue weighted by Crippen LogP contribution is 2.85. The second kappa shape index (κ2) is 1.31. The van der Waals surface area contributed by atoms with E-state index < -0.39 is 0 Å². The predicted octanol–water partition coefficient (Wildman–Crippen LogP) is 2.98. The second-order valence-electron chi connectivity index (χ2n) is 5.03. The molecule has 3 fully saturated rings. The van der Waals surface area contributed by atoms with Crippen molar-refractivity contribution in [2.24, 2.45) is 16.7 Å². The lowest BCUT2D eigenvalue weighted by Crippen LogP contribution is -2.18. The molecule has 0 bridgehead atoms. The fourth-order valence-corrected chi connectivity index (χ4v) is 3.34. The predicted molar refractivity (Wildman–Crippen MR) is 41.7 cm³/mol. The molecule has 10 heavy (non-hydrogen) atoms. The molecule has 0 heterocycles. The Kier molecular flexibility index (Phi) is 0.735. The van der Waals surface area contributed by atoms with E-state index in [1.165, 1.54) is 18.8 Å². The minimum atomic E-state index is 0.817. The summed E-state index contributed by atoms with van der Waals surface area (Å²) >= 11 is 0. The highest BCUT2D eigenvalue weighted by Gasteiger charge is 2.76. The van der Waals surface area contributed by atoms with Crippen molar-refractivity contribution >= 4 is 0 Å². The van der Waals surface area contributed by atoms with E-state index in [-0.39, 0.29) is 0 Å². The zero-order valence-electron chi connectivity index (χ0n) is 6.82. The lowest BCUT2D eigenvalue weighted by molar-refractivity contribution is 0.225. The number of rotatable bonds is 1. The SMILES string of the molecule is CC1(C23CC2C3)CCCC1. The maximum atomic E-state index is 2.55. The first-order chi connectivity index (χ1) is 4.77. The van der Waals surface area contributed by atoms with Gasteiger partial charge >= 0.3 is 0 Å². The average molecular weight is 136 g/mol. The van der Waals surface area contributed by atoms with E-state index in [9.17, 15) is 0 Å². The van der Waals surface area contributed by atoms with Crippen LogP contribution in [0.2, 0.25) is 0 Å². The molecule has 0 heteroatoms. The molecule has 0 aromatic heterocycles. The van der Waals surface area contributed by atoms with Crippen molar-refractivity contribution in [1.29, 1.82) is 0 Å². The lowest BCUT2D eigenvalue weighted by atomic mass is 9.78. The third-order valence-electron chi connectivity index (χ3n) is 4.59. The molecule has 0 saturated heterocycles. The van der Waals surface area contributed by atoms with Crippen LogP contribution in [-0.2, 0) is 0 Å². The highest BCUT2D eigenvalue weighted by molar-refractivity contribution is 5.25. The van der Waals surface area contributed by atoms with Crippen molar-refractivity contribution in [3.8, 4) is 0 Å². The highest BCUT2D eigenvalue weighted by atomic mass is 14.8. The molecule has 0 unspecified atom stereocenters. The quantitative estimate of drug-likeness (QED) is 0.520. The molecule has 3 aliphatic rings. The van der Waals surface area contributed by atoms with Crippen LogP contribution in [0.4, 0.5) is 0 Å². The number of fused-ring (bicyclic) bond motifs is 1. The van der Waals surface area contributed by atoms with Crippen LogP contribution in [0.25, 0.3) is 0 Å². The fraction of sp³-hybridized carbons (Fsp3) is 1.00. The van der Waals surface area contributed by atoms with Gasteiger partial charge in [-0.25, -0.2) is 0 Å².